The van der Waals surface area contributed by atoms with Gasteiger partial charge in [-0.3, -0.25) is 14.2 Å². The highest BCUT2D eigenvalue weighted by Crippen LogP contribution is 2.33. The number of pyridine rings is 1. The molecule has 17 heteroatoms. The van der Waals surface area contributed by atoms with Crippen LogP contribution in [0.25, 0.3) is 16.8 Å². The number of carbonyl (C=O) groups excluding carboxylic acids is 2. The number of fused-ring (bicyclic) bond motifs is 1. The maximum absolute atomic E-state index is 15.2. The normalized spacial score (nSPS) is 15.9. The van der Waals surface area contributed by atoms with Gasteiger partial charge in [0.05, 0.1) is 25.9 Å². The van der Waals surface area contributed by atoms with Crippen LogP contribution in [0.2, 0.25) is 0 Å². The number of nitrogens with one attached hydrogen (secondary N) is 1. The van der Waals surface area contributed by atoms with Gasteiger partial charge in [0.15, 0.2) is 0 Å². The van der Waals surface area contributed by atoms with Gasteiger partial charge in [0.1, 0.15) is 34.9 Å². The van der Waals surface area contributed by atoms with Crippen molar-refractivity contribution in [3.05, 3.63) is 86.1 Å². The number of imidazole rings is 1. The van der Waals surface area contributed by atoms with Gasteiger partial charge in [0.25, 0.3) is 11.5 Å². The summed E-state index contributed by atoms with van der Waals surface area (Å²) in [6.07, 6.45) is -2.05. The number of esters is 1. The van der Waals surface area contributed by atoms with E-state index in [0.29, 0.717) is 29.1 Å². The van der Waals surface area contributed by atoms with Crippen LogP contribution in [-0.2, 0) is 34.8 Å². The van der Waals surface area contributed by atoms with Crippen molar-refractivity contribution in [1.29, 1.82) is 0 Å². The van der Waals surface area contributed by atoms with Gasteiger partial charge in [-0.1, -0.05) is 0 Å². The number of amides is 1. The predicted molar refractivity (Wildman–Crippen MR) is 157 cm³/mol. The zero-order valence-corrected chi connectivity index (χ0v) is 25.5. The summed E-state index contributed by atoms with van der Waals surface area (Å²) >= 11 is 0. The van der Waals surface area contributed by atoms with E-state index in [-0.39, 0.29) is 30.8 Å². The van der Waals surface area contributed by atoms with E-state index in [4.69, 9.17) is 9.47 Å². The molecule has 2 atom stereocenters. The molecule has 0 saturated carbocycles. The smallest absolute Gasteiger partial charge is 0.411 e. The average molecular weight is 665 g/mol. The van der Waals surface area contributed by atoms with Crippen molar-refractivity contribution in [2.75, 3.05) is 31.8 Å². The van der Waals surface area contributed by atoms with Crippen molar-refractivity contribution < 1.29 is 41.0 Å². The van der Waals surface area contributed by atoms with Gasteiger partial charge in [0.2, 0.25) is 0 Å². The molecule has 1 aromatic carbocycles. The lowest BCUT2D eigenvalue weighted by molar-refractivity contribution is -0.167. The van der Waals surface area contributed by atoms with Crippen molar-refractivity contribution in [2.45, 2.75) is 31.6 Å². The number of aromatic nitrogens is 4. The van der Waals surface area contributed by atoms with E-state index < -0.39 is 70.9 Å². The minimum Gasteiger partial charge on any atom is -0.467 e. The molecular formula is C30H29F5N6O6. The van der Waals surface area contributed by atoms with Crippen LogP contribution in [0.5, 0.6) is 0 Å². The standard InChI is InChI=1S/C30H29F5N6O6/c1-15-23(27(43)39(3)29(45)38(15)2)18-6-5-16(41-8-7-36-25(18)41)13-21(28(44)46-4)37-26(42)24-19(31)11-17(12-20(24)32)40-9-10-47-14-22(40)30(33,34)35/h5-8,11-12,21-22H,9-10,13-14H2,1-4H3,(H,37,42)/t21-,22-/m0/s1. The molecule has 5 rings (SSSR count). The first-order valence-corrected chi connectivity index (χ1v) is 14.2. The van der Waals surface area contributed by atoms with Crippen molar-refractivity contribution in [1.82, 2.24) is 23.8 Å². The Hall–Kier alpha value is -5.06. The SMILES string of the molecule is COC(=O)[C@H](Cc1ccc(-c2c(C)n(C)c(=O)n(C)c2=O)c2nccn12)NC(=O)c1c(F)cc(N2CCOC[C@H]2C(F)(F)F)cc1F. The van der Waals surface area contributed by atoms with Crippen molar-refractivity contribution in [3.63, 3.8) is 0 Å². The van der Waals surface area contributed by atoms with E-state index in [2.05, 4.69) is 10.3 Å². The molecule has 1 fully saturated rings. The molecule has 1 saturated heterocycles. The molecule has 3 aromatic heterocycles. The number of benzene rings is 1. The van der Waals surface area contributed by atoms with E-state index in [1.165, 1.54) is 35.5 Å². The summed E-state index contributed by atoms with van der Waals surface area (Å²) in [5.74, 6) is -5.19. The van der Waals surface area contributed by atoms with Gasteiger partial charge in [0, 0.05) is 62.1 Å². The fourth-order valence-electron chi connectivity index (χ4n) is 5.59. The largest absolute Gasteiger partial charge is 0.467 e. The summed E-state index contributed by atoms with van der Waals surface area (Å²) in [7, 11) is 3.91. The summed E-state index contributed by atoms with van der Waals surface area (Å²) in [6.45, 7) is 0.472. The van der Waals surface area contributed by atoms with Crippen LogP contribution in [-0.4, -0.2) is 75.5 Å². The highest BCUT2D eigenvalue weighted by atomic mass is 19.4. The second kappa shape index (κ2) is 12.6. The lowest BCUT2D eigenvalue weighted by Crippen LogP contribution is -2.53. The highest BCUT2D eigenvalue weighted by Gasteiger charge is 2.46. The Balaban J connectivity index is 1.46. The molecule has 47 heavy (non-hydrogen) atoms. The van der Waals surface area contributed by atoms with Crippen molar-refractivity contribution in [2.24, 2.45) is 14.1 Å². The highest BCUT2D eigenvalue weighted by molar-refractivity contribution is 5.97. The van der Waals surface area contributed by atoms with Gasteiger partial charge in [-0.2, -0.15) is 13.2 Å². The van der Waals surface area contributed by atoms with Crippen LogP contribution in [0, 0.1) is 18.6 Å². The molecule has 0 spiro atoms. The summed E-state index contributed by atoms with van der Waals surface area (Å²) < 4.78 is 84.5. The molecule has 0 radical (unpaired) electrons. The number of carbonyl (C=O) groups is 2. The molecule has 4 heterocycles. The first-order chi connectivity index (χ1) is 22.1. The minimum absolute atomic E-state index is 0.106. The summed E-state index contributed by atoms with van der Waals surface area (Å²) in [6, 6.07) is 0.711. The summed E-state index contributed by atoms with van der Waals surface area (Å²) in [4.78, 5) is 56.4. The van der Waals surface area contributed by atoms with Crippen LogP contribution in [0.15, 0.2) is 46.2 Å². The maximum atomic E-state index is 15.2. The van der Waals surface area contributed by atoms with Gasteiger partial charge in [-0.25, -0.2) is 23.4 Å². The number of anilines is 1. The van der Waals surface area contributed by atoms with Crippen LogP contribution in [0.1, 0.15) is 21.7 Å². The predicted octanol–water partition coefficient (Wildman–Crippen LogP) is 2.27. The Kier molecular flexibility index (Phi) is 8.94. The molecular weight excluding hydrogens is 635 g/mol. The fraction of sp³-hybridized carbons (Fsp3) is 0.367. The average Bonchev–Trinajstić information content (AvgIpc) is 3.53. The van der Waals surface area contributed by atoms with Gasteiger partial charge < -0.3 is 28.7 Å². The van der Waals surface area contributed by atoms with E-state index in [1.54, 1.807) is 19.1 Å². The van der Waals surface area contributed by atoms with E-state index in [1.807, 2.05) is 0 Å². The van der Waals surface area contributed by atoms with Crippen LogP contribution < -0.4 is 21.5 Å². The van der Waals surface area contributed by atoms with Crippen molar-refractivity contribution in [3.8, 4) is 11.1 Å². The Bertz CT molecular complexity index is 1980. The first kappa shape index (κ1) is 33.3. The second-order valence-electron chi connectivity index (χ2n) is 10.9. The molecule has 0 aliphatic carbocycles. The number of halogens is 5. The van der Waals surface area contributed by atoms with Gasteiger partial charge in [-0.15, -0.1) is 0 Å². The maximum Gasteiger partial charge on any atom is 0.411 e. The quantitative estimate of drug-likeness (QED) is 0.236. The number of morpholine rings is 1. The minimum atomic E-state index is -4.75. The van der Waals surface area contributed by atoms with Gasteiger partial charge >= 0.3 is 17.8 Å². The number of hydrogen-bond donors (Lipinski definition) is 1. The number of methoxy groups -OCH3 is 1. The molecule has 1 aliphatic rings. The lowest BCUT2D eigenvalue weighted by Gasteiger charge is -2.38. The molecule has 12 nitrogen and oxygen atoms in total. The van der Waals surface area contributed by atoms with E-state index in [0.717, 1.165) is 16.6 Å². The third-order valence-corrected chi connectivity index (χ3v) is 8.16. The molecule has 4 aromatic rings. The molecule has 0 bridgehead atoms. The Morgan fingerprint density at radius 3 is 2.45 bits per heavy atom. The summed E-state index contributed by atoms with van der Waals surface area (Å²) in [5, 5.41) is 2.26. The third-order valence-electron chi connectivity index (χ3n) is 8.16. The number of ether oxygens (including phenoxy) is 2. The van der Waals surface area contributed by atoms with E-state index in [9.17, 15) is 32.3 Å². The topological polar surface area (TPSA) is 129 Å². The second-order valence-corrected chi connectivity index (χ2v) is 10.9. The zero-order chi connectivity index (χ0) is 34.4. The zero-order valence-electron chi connectivity index (χ0n) is 25.5. The van der Waals surface area contributed by atoms with Crippen LogP contribution in [0.3, 0.4) is 0 Å². The Morgan fingerprint density at radius 1 is 1.13 bits per heavy atom. The van der Waals surface area contributed by atoms with Gasteiger partial charge in [-0.05, 0) is 31.2 Å². The molecule has 1 N–H and O–H groups in total. The summed E-state index contributed by atoms with van der Waals surface area (Å²) in [5.41, 5.74) is -0.984. The van der Waals surface area contributed by atoms with Crippen molar-refractivity contribution >= 4 is 23.2 Å². The van der Waals surface area contributed by atoms with E-state index >= 15 is 8.78 Å². The molecule has 250 valence electrons. The monoisotopic (exact) mass is 664 g/mol. The third kappa shape index (κ3) is 6.09. The molecule has 0 unspecified atom stereocenters. The number of hydrogen-bond acceptors (Lipinski definition) is 8. The lowest BCUT2D eigenvalue weighted by atomic mass is 10.0. The first-order valence-electron chi connectivity index (χ1n) is 14.2. The molecule has 1 aliphatic heterocycles. The van der Waals surface area contributed by atoms with Crippen LogP contribution >= 0.6 is 0 Å². The number of alkyl halides is 3. The van der Waals surface area contributed by atoms with Crippen LogP contribution in [0.4, 0.5) is 27.6 Å². The fourth-order valence-corrected chi connectivity index (χ4v) is 5.59. The Morgan fingerprint density at radius 2 is 1.81 bits per heavy atom. The molecule has 1 amide bonds. The number of nitrogens with zero attached hydrogens (tertiary/aromatic N) is 5. The number of rotatable bonds is 7. The Labute approximate surface area is 262 Å².